The molecule has 0 aliphatic heterocycles. The Morgan fingerprint density at radius 1 is 1.38 bits per heavy atom. The minimum Gasteiger partial charge on any atom is -0.207 e. The van der Waals surface area contributed by atoms with E-state index in [9.17, 15) is 8.42 Å². The van der Waals surface area contributed by atoms with Crippen LogP contribution < -0.4 is 4.72 Å². The van der Waals surface area contributed by atoms with Crippen molar-refractivity contribution in [3.05, 3.63) is 29.8 Å². The first-order chi connectivity index (χ1) is 6.08. The van der Waals surface area contributed by atoms with E-state index >= 15 is 0 Å². The smallest absolute Gasteiger partial charge is 0.207 e. The van der Waals surface area contributed by atoms with Crippen LogP contribution in [0, 0.1) is 6.92 Å². The van der Waals surface area contributed by atoms with Gasteiger partial charge in [0.1, 0.15) is 0 Å². The van der Waals surface area contributed by atoms with E-state index in [1.54, 1.807) is 25.1 Å². The highest BCUT2D eigenvalue weighted by Crippen LogP contribution is 2.13. The van der Waals surface area contributed by atoms with Gasteiger partial charge in [-0.15, -0.1) is 0 Å². The van der Waals surface area contributed by atoms with Crippen LogP contribution >= 0.6 is 15.9 Å². The predicted octanol–water partition coefficient (Wildman–Crippen LogP) is 1.63. The Hall–Kier alpha value is -0.390. The van der Waals surface area contributed by atoms with Gasteiger partial charge in [-0.25, -0.2) is 13.1 Å². The van der Waals surface area contributed by atoms with E-state index in [1.165, 1.54) is 0 Å². The predicted molar refractivity (Wildman–Crippen MR) is 55.3 cm³/mol. The highest BCUT2D eigenvalue weighted by atomic mass is 79.9. The summed E-state index contributed by atoms with van der Waals surface area (Å²) in [6.45, 7) is 1.77. The molecular formula is C8H10BrNO2S. The van der Waals surface area contributed by atoms with Crippen molar-refractivity contribution in [1.29, 1.82) is 0 Å². The van der Waals surface area contributed by atoms with Gasteiger partial charge in [-0.05, 0) is 18.6 Å². The lowest BCUT2D eigenvalue weighted by Crippen LogP contribution is -2.22. The maximum absolute atomic E-state index is 11.5. The van der Waals surface area contributed by atoms with Crippen LogP contribution in [0.2, 0.25) is 0 Å². The number of sulfonamides is 1. The highest BCUT2D eigenvalue weighted by Gasteiger charge is 2.14. The molecule has 0 saturated heterocycles. The molecule has 0 saturated carbocycles. The lowest BCUT2D eigenvalue weighted by molar-refractivity contribution is 0.587. The van der Waals surface area contributed by atoms with Gasteiger partial charge in [0.15, 0.2) is 0 Å². The molecule has 0 bridgehead atoms. The van der Waals surface area contributed by atoms with Gasteiger partial charge in [-0.2, -0.15) is 0 Å². The number of rotatable bonds is 3. The normalized spacial score (nSPS) is 11.5. The van der Waals surface area contributed by atoms with Crippen molar-refractivity contribution in [3.63, 3.8) is 0 Å². The number of hydrogen-bond donors (Lipinski definition) is 1. The number of alkyl halides is 1. The minimum atomic E-state index is -3.34. The number of aryl methyl sites for hydroxylation is 1. The van der Waals surface area contributed by atoms with E-state index in [0.29, 0.717) is 4.90 Å². The fourth-order valence-corrected chi connectivity index (χ4v) is 2.96. The van der Waals surface area contributed by atoms with Crippen molar-refractivity contribution in [3.8, 4) is 0 Å². The zero-order valence-corrected chi connectivity index (χ0v) is 9.52. The molecule has 0 amide bonds. The van der Waals surface area contributed by atoms with E-state index < -0.39 is 10.0 Å². The number of hydrogen-bond acceptors (Lipinski definition) is 2. The summed E-state index contributed by atoms with van der Waals surface area (Å²) in [5.74, 6) is 0. The van der Waals surface area contributed by atoms with Gasteiger partial charge in [0.05, 0.1) is 10.3 Å². The molecule has 0 radical (unpaired) electrons. The van der Waals surface area contributed by atoms with Crippen LogP contribution in [0.15, 0.2) is 29.2 Å². The SMILES string of the molecule is Cc1ccccc1S(=O)(=O)NCBr. The van der Waals surface area contributed by atoms with Crippen LogP contribution in [0.5, 0.6) is 0 Å². The molecule has 3 nitrogen and oxygen atoms in total. The Morgan fingerprint density at radius 2 is 2.00 bits per heavy atom. The summed E-state index contributed by atoms with van der Waals surface area (Å²) in [5.41, 5.74) is 0.972. The van der Waals surface area contributed by atoms with E-state index in [2.05, 4.69) is 20.7 Å². The zero-order chi connectivity index (χ0) is 9.90. The molecule has 0 aliphatic rings. The van der Waals surface area contributed by atoms with E-state index in [4.69, 9.17) is 0 Å². The van der Waals surface area contributed by atoms with Crippen molar-refractivity contribution in [2.24, 2.45) is 0 Å². The summed E-state index contributed by atoms with van der Waals surface area (Å²) in [7, 11) is -3.34. The van der Waals surface area contributed by atoms with Crippen LogP contribution in [-0.4, -0.2) is 13.9 Å². The van der Waals surface area contributed by atoms with Gasteiger partial charge in [-0.1, -0.05) is 34.1 Å². The van der Waals surface area contributed by atoms with E-state index in [-0.39, 0.29) is 5.45 Å². The molecule has 1 rings (SSSR count). The van der Waals surface area contributed by atoms with Crippen LogP contribution in [-0.2, 0) is 10.0 Å². The highest BCUT2D eigenvalue weighted by molar-refractivity contribution is 9.09. The minimum absolute atomic E-state index is 0.226. The standard InChI is InChI=1S/C8H10BrNO2S/c1-7-4-2-3-5-8(7)13(11,12)10-6-9/h2-5,10H,6H2,1H3. The Morgan fingerprint density at radius 3 is 2.54 bits per heavy atom. The molecule has 0 spiro atoms. The van der Waals surface area contributed by atoms with Crippen LogP contribution in [0.25, 0.3) is 0 Å². The lowest BCUT2D eigenvalue weighted by Gasteiger charge is -2.05. The van der Waals surface area contributed by atoms with Crippen molar-refractivity contribution in [1.82, 2.24) is 4.72 Å². The monoisotopic (exact) mass is 263 g/mol. The average Bonchev–Trinajstić information content (AvgIpc) is 2.04. The Balaban J connectivity index is 3.15. The summed E-state index contributed by atoms with van der Waals surface area (Å²) in [6.07, 6.45) is 0. The number of nitrogens with one attached hydrogen (secondary N) is 1. The first-order valence-electron chi connectivity index (χ1n) is 3.69. The molecular weight excluding hydrogens is 254 g/mol. The van der Waals surface area contributed by atoms with Crippen molar-refractivity contribution in [2.75, 3.05) is 5.45 Å². The molecule has 1 aromatic carbocycles. The molecule has 1 aromatic rings. The summed E-state index contributed by atoms with van der Waals surface area (Å²) in [6, 6.07) is 6.86. The third kappa shape index (κ3) is 2.52. The van der Waals surface area contributed by atoms with Gasteiger partial charge in [0.25, 0.3) is 0 Å². The summed E-state index contributed by atoms with van der Waals surface area (Å²) in [5, 5.41) is 0. The topological polar surface area (TPSA) is 46.2 Å². The molecule has 0 aromatic heterocycles. The molecule has 0 unspecified atom stereocenters. The molecule has 13 heavy (non-hydrogen) atoms. The summed E-state index contributed by atoms with van der Waals surface area (Å²) in [4.78, 5) is 0.328. The molecule has 0 atom stereocenters. The first-order valence-corrected chi connectivity index (χ1v) is 6.29. The third-order valence-corrected chi connectivity index (χ3v) is 3.84. The zero-order valence-electron chi connectivity index (χ0n) is 7.12. The second-order valence-corrected chi connectivity index (χ2v) is 4.84. The van der Waals surface area contributed by atoms with E-state index in [0.717, 1.165) is 5.56 Å². The van der Waals surface area contributed by atoms with Crippen molar-refractivity contribution in [2.45, 2.75) is 11.8 Å². The van der Waals surface area contributed by atoms with Gasteiger partial charge in [-0.3, -0.25) is 0 Å². The molecule has 72 valence electrons. The Kier molecular flexibility index (Phi) is 3.47. The first kappa shape index (κ1) is 10.7. The van der Waals surface area contributed by atoms with Gasteiger partial charge >= 0.3 is 0 Å². The van der Waals surface area contributed by atoms with Crippen molar-refractivity contribution >= 4 is 26.0 Å². The number of halogens is 1. The average molecular weight is 264 g/mol. The summed E-state index contributed by atoms with van der Waals surface area (Å²) < 4.78 is 25.4. The molecule has 0 heterocycles. The quantitative estimate of drug-likeness (QED) is 0.666. The van der Waals surface area contributed by atoms with Crippen molar-refractivity contribution < 1.29 is 8.42 Å². The van der Waals surface area contributed by atoms with Gasteiger partial charge in [0.2, 0.25) is 10.0 Å². The Bertz CT molecular complexity index is 389. The second kappa shape index (κ2) is 4.21. The maximum atomic E-state index is 11.5. The van der Waals surface area contributed by atoms with Gasteiger partial charge in [0, 0.05) is 0 Å². The second-order valence-electron chi connectivity index (χ2n) is 2.55. The maximum Gasteiger partial charge on any atom is 0.241 e. The molecule has 1 N–H and O–H groups in total. The van der Waals surface area contributed by atoms with Gasteiger partial charge < -0.3 is 0 Å². The summed E-state index contributed by atoms with van der Waals surface area (Å²) >= 11 is 3.02. The molecule has 0 aliphatic carbocycles. The van der Waals surface area contributed by atoms with Crippen LogP contribution in [0.4, 0.5) is 0 Å². The fourth-order valence-electron chi connectivity index (χ4n) is 1.01. The fraction of sp³-hybridized carbons (Fsp3) is 0.250. The Labute approximate surface area is 86.3 Å². The largest absolute Gasteiger partial charge is 0.241 e. The van der Waals surface area contributed by atoms with Crippen LogP contribution in [0.3, 0.4) is 0 Å². The van der Waals surface area contributed by atoms with E-state index in [1.807, 2.05) is 6.07 Å². The lowest BCUT2D eigenvalue weighted by atomic mass is 10.2. The van der Waals surface area contributed by atoms with Crippen LogP contribution in [0.1, 0.15) is 5.56 Å². The third-order valence-electron chi connectivity index (χ3n) is 1.63. The molecule has 0 fully saturated rings. The molecule has 5 heteroatoms. The number of benzene rings is 1.